The summed E-state index contributed by atoms with van der Waals surface area (Å²) >= 11 is 0. The molecule has 0 radical (unpaired) electrons. The second-order valence-corrected chi connectivity index (χ2v) is 6.07. The number of nitrogens with two attached hydrogens (primary N) is 1. The van der Waals surface area contributed by atoms with Gasteiger partial charge in [0.25, 0.3) is 0 Å². The highest BCUT2D eigenvalue weighted by atomic mass is 32.2. The Kier molecular flexibility index (Phi) is 3.76. The molecule has 1 heterocycles. The molecule has 0 aliphatic heterocycles. The van der Waals surface area contributed by atoms with Gasteiger partial charge in [-0.05, 0) is 25.0 Å². The van der Waals surface area contributed by atoms with Crippen LogP contribution in [0, 0.1) is 0 Å². The highest BCUT2D eigenvalue weighted by Crippen LogP contribution is 2.29. The third kappa shape index (κ3) is 2.48. The largest absolute Gasteiger partial charge is 0.329 e. The zero-order valence-electron chi connectivity index (χ0n) is 9.62. The minimum atomic E-state index is -3.43. The minimum Gasteiger partial charge on any atom is -0.329 e. The predicted octanol–water partition coefficient (Wildman–Crippen LogP) is 0.583. The van der Waals surface area contributed by atoms with Crippen LogP contribution in [0.3, 0.4) is 0 Å². The van der Waals surface area contributed by atoms with E-state index in [4.69, 9.17) is 5.73 Å². The summed E-state index contributed by atoms with van der Waals surface area (Å²) in [4.78, 5) is 4.11. The molecule has 0 amide bonds. The van der Waals surface area contributed by atoms with E-state index in [9.17, 15) is 8.42 Å². The Morgan fingerprint density at radius 1 is 1.47 bits per heavy atom. The minimum absolute atomic E-state index is 0.115. The zero-order valence-corrected chi connectivity index (χ0v) is 10.4. The first-order chi connectivity index (χ1) is 8.16. The molecule has 0 spiro atoms. The maximum atomic E-state index is 12.4. The molecule has 5 nitrogen and oxygen atoms in total. The Bertz CT molecular complexity index is 457. The first-order valence-electron chi connectivity index (χ1n) is 5.78. The lowest BCUT2D eigenvalue weighted by atomic mass is 9.93. The van der Waals surface area contributed by atoms with Gasteiger partial charge < -0.3 is 5.73 Å². The molecule has 94 valence electrons. The van der Waals surface area contributed by atoms with Crippen molar-refractivity contribution in [2.24, 2.45) is 5.73 Å². The molecule has 0 atom stereocenters. The van der Waals surface area contributed by atoms with E-state index < -0.39 is 10.0 Å². The fraction of sp³-hybridized carbons (Fsp3) is 0.545. The standard InChI is InChI=1S/C11H17N3O2S/c12-6-8-14(10-3-1-4-10)17(15,16)11-5-2-7-13-9-11/h2,5,7,9-10H,1,3-4,6,8,12H2. The predicted molar refractivity (Wildman–Crippen MR) is 64.8 cm³/mol. The molecule has 1 aromatic rings. The molecule has 2 rings (SSSR count). The van der Waals surface area contributed by atoms with E-state index in [1.54, 1.807) is 18.3 Å². The topological polar surface area (TPSA) is 76.3 Å². The van der Waals surface area contributed by atoms with E-state index in [1.165, 1.54) is 10.5 Å². The molecular formula is C11H17N3O2S. The quantitative estimate of drug-likeness (QED) is 0.835. The van der Waals surface area contributed by atoms with Gasteiger partial charge in [0.15, 0.2) is 0 Å². The Labute approximate surface area is 102 Å². The number of rotatable bonds is 5. The van der Waals surface area contributed by atoms with Crippen LogP contribution in [0.25, 0.3) is 0 Å². The Balaban J connectivity index is 2.28. The highest BCUT2D eigenvalue weighted by molar-refractivity contribution is 7.89. The smallest absolute Gasteiger partial charge is 0.244 e. The first kappa shape index (κ1) is 12.5. The van der Waals surface area contributed by atoms with Crippen molar-refractivity contribution in [1.29, 1.82) is 0 Å². The third-order valence-corrected chi connectivity index (χ3v) is 5.01. The Morgan fingerprint density at radius 3 is 2.71 bits per heavy atom. The summed E-state index contributed by atoms with van der Waals surface area (Å²) in [6.45, 7) is 0.720. The maximum Gasteiger partial charge on any atom is 0.244 e. The number of pyridine rings is 1. The molecule has 6 heteroatoms. The van der Waals surface area contributed by atoms with Crippen LogP contribution in [0.5, 0.6) is 0 Å². The van der Waals surface area contributed by atoms with Crippen molar-refractivity contribution < 1.29 is 8.42 Å². The van der Waals surface area contributed by atoms with Gasteiger partial charge in [-0.3, -0.25) is 4.98 Å². The summed E-state index contributed by atoms with van der Waals surface area (Å²) in [7, 11) is -3.43. The van der Waals surface area contributed by atoms with Crippen molar-refractivity contribution >= 4 is 10.0 Å². The highest BCUT2D eigenvalue weighted by Gasteiger charge is 2.34. The lowest BCUT2D eigenvalue weighted by Crippen LogP contribution is -2.46. The van der Waals surface area contributed by atoms with Crippen molar-refractivity contribution in [3.63, 3.8) is 0 Å². The molecule has 0 unspecified atom stereocenters. The average molecular weight is 255 g/mol. The maximum absolute atomic E-state index is 12.4. The van der Waals surface area contributed by atoms with Crippen LogP contribution in [0.1, 0.15) is 19.3 Å². The van der Waals surface area contributed by atoms with E-state index in [0.29, 0.717) is 13.1 Å². The van der Waals surface area contributed by atoms with Crippen molar-refractivity contribution in [3.8, 4) is 0 Å². The number of hydrogen-bond acceptors (Lipinski definition) is 4. The molecule has 1 aliphatic carbocycles. The summed E-state index contributed by atoms with van der Waals surface area (Å²) in [6.07, 6.45) is 5.90. The fourth-order valence-electron chi connectivity index (χ4n) is 1.94. The van der Waals surface area contributed by atoms with Crippen molar-refractivity contribution in [2.75, 3.05) is 13.1 Å². The van der Waals surface area contributed by atoms with E-state index >= 15 is 0 Å². The third-order valence-electron chi connectivity index (χ3n) is 3.07. The Morgan fingerprint density at radius 2 is 2.24 bits per heavy atom. The van der Waals surface area contributed by atoms with Crippen molar-refractivity contribution in [3.05, 3.63) is 24.5 Å². The van der Waals surface area contributed by atoms with Gasteiger partial charge >= 0.3 is 0 Å². The summed E-state index contributed by atoms with van der Waals surface area (Å²) in [5.74, 6) is 0. The van der Waals surface area contributed by atoms with Crippen molar-refractivity contribution in [1.82, 2.24) is 9.29 Å². The monoisotopic (exact) mass is 255 g/mol. The molecule has 0 bridgehead atoms. The lowest BCUT2D eigenvalue weighted by Gasteiger charge is -2.36. The Hall–Kier alpha value is -0.980. The van der Waals surface area contributed by atoms with E-state index in [-0.39, 0.29) is 10.9 Å². The SMILES string of the molecule is NCCN(C1CCC1)S(=O)(=O)c1cccnc1. The number of aromatic nitrogens is 1. The average Bonchev–Trinajstić information content (AvgIpc) is 2.27. The van der Waals surface area contributed by atoms with Gasteiger partial charge in [-0.1, -0.05) is 6.42 Å². The van der Waals surface area contributed by atoms with Gasteiger partial charge in [0, 0.05) is 31.5 Å². The van der Waals surface area contributed by atoms with Crippen molar-refractivity contribution in [2.45, 2.75) is 30.2 Å². The molecule has 17 heavy (non-hydrogen) atoms. The van der Waals surface area contributed by atoms with E-state index in [2.05, 4.69) is 4.98 Å². The van der Waals surface area contributed by atoms with E-state index in [1.807, 2.05) is 0 Å². The molecule has 1 fully saturated rings. The summed E-state index contributed by atoms with van der Waals surface area (Å²) in [5.41, 5.74) is 5.50. The normalized spacial score (nSPS) is 17.1. The van der Waals surface area contributed by atoms with Gasteiger partial charge in [-0.15, -0.1) is 0 Å². The fourth-order valence-corrected chi connectivity index (χ4v) is 3.60. The van der Waals surface area contributed by atoms with Gasteiger partial charge in [0.1, 0.15) is 4.90 Å². The van der Waals surface area contributed by atoms with Gasteiger partial charge in [0.05, 0.1) is 0 Å². The van der Waals surface area contributed by atoms with E-state index in [0.717, 1.165) is 19.3 Å². The van der Waals surface area contributed by atoms with Gasteiger partial charge in [0.2, 0.25) is 10.0 Å². The number of hydrogen-bond donors (Lipinski definition) is 1. The summed E-state index contributed by atoms with van der Waals surface area (Å²) in [6, 6.07) is 3.32. The molecule has 0 aromatic carbocycles. The first-order valence-corrected chi connectivity index (χ1v) is 7.22. The lowest BCUT2D eigenvalue weighted by molar-refractivity contribution is 0.223. The zero-order chi connectivity index (χ0) is 12.3. The molecule has 1 aliphatic rings. The number of sulfonamides is 1. The van der Waals surface area contributed by atoms with Crippen LogP contribution in [-0.2, 0) is 10.0 Å². The van der Waals surface area contributed by atoms with Crippen LogP contribution in [0.2, 0.25) is 0 Å². The van der Waals surface area contributed by atoms with Crippen LogP contribution in [0.4, 0.5) is 0 Å². The van der Waals surface area contributed by atoms with Crippen LogP contribution in [0.15, 0.2) is 29.4 Å². The van der Waals surface area contributed by atoms with Crippen LogP contribution in [-0.4, -0.2) is 36.8 Å². The van der Waals surface area contributed by atoms with Gasteiger partial charge in [-0.2, -0.15) is 4.31 Å². The summed E-state index contributed by atoms with van der Waals surface area (Å²) in [5, 5.41) is 0. The molecule has 0 saturated heterocycles. The summed E-state index contributed by atoms with van der Waals surface area (Å²) < 4.78 is 26.3. The second-order valence-electron chi connectivity index (χ2n) is 4.18. The molecule has 1 aromatic heterocycles. The number of nitrogens with zero attached hydrogens (tertiary/aromatic N) is 2. The molecular weight excluding hydrogens is 238 g/mol. The molecule has 1 saturated carbocycles. The van der Waals surface area contributed by atoms with Gasteiger partial charge in [-0.25, -0.2) is 8.42 Å². The second kappa shape index (κ2) is 5.12. The molecule has 2 N–H and O–H groups in total. The van der Waals surface area contributed by atoms with Crippen LogP contribution >= 0.6 is 0 Å². The van der Waals surface area contributed by atoms with Crippen LogP contribution < -0.4 is 5.73 Å².